The largest absolute Gasteiger partial charge is 0.314 e. The first-order valence-corrected chi connectivity index (χ1v) is 5.74. The molecule has 0 atom stereocenters. The highest BCUT2D eigenvalue weighted by molar-refractivity contribution is 7.89. The molecular weight excluding hydrogens is 178 g/mol. The maximum absolute atomic E-state index is 10.5. The zero-order valence-electron chi connectivity index (χ0n) is 6.91. The second kappa shape index (κ2) is 4.18. The minimum Gasteiger partial charge on any atom is -0.314 e. The summed E-state index contributed by atoms with van der Waals surface area (Å²) in [5.74, 6) is 0.0696. The van der Waals surface area contributed by atoms with E-state index in [1.807, 2.05) is 0 Å². The van der Waals surface area contributed by atoms with Crippen molar-refractivity contribution in [2.45, 2.75) is 12.5 Å². The number of nitrogens with two attached hydrogens (primary N) is 1. The molecule has 72 valence electrons. The van der Waals surface area contributed by atoms with E-state index in [4.69, 9.17) is 5.14 Å². The quantitative estimate of drug-likeness (QED) is 0.451. The highest BCUT2D eigenvalue weighted by Crippen LogP contribution is 1.91. The summed E-state index contributed by atoms with van der Waals surface area (Å²) in [6.07, 6.45) is 0.593. The van der Waals surface area contributed by atoms with Crippen LogP contribution in [0.4, 0.5) is 0 Å². The van der Waals surface area contributed by atoms with Crippen LogP contribution in [0.3, 0.4) is 0 Å². The van der Waals surface area contributed by atoms with Gasteiger partial charge in [0.2, 0.25) is 10.0 Å². The minimum atomic E-state index is -3.27. The zero-order valence-corrected chi connectivity index (χ0v) is 7.73. The van der Waals surface area contributed by atoms with Gasteiger partial charge >= 0.3 is 0 Å². The van der Waals surface area contributed by atoms with Crippen LogP contribution in [0.1, 0.15) is 6.42 Å². The van der Waals surface area contributed by atoms with Gasteiger partial charge in [-0.2, -0.15) is 0 Å². The summed E-state index contributed by atoms with van der Waals surface area (Å²) in [7, 11) is -3.27. The van der Waals surface area contributed by atoms with Crippen molar-refractivity contribution in [3.05, 3.63) is 0 Å². The van der Waals surface area contributed by atoms with E-state index in [0.29, 0.717) is 12.5 Å². The van der Waals surface area contributed by atoms with E-state index < -0.39 is 10.0 Å². The Bertz CT molecular complexity index is 223. The summed E-state index contributed by atoms with van der Waals surface area (Å²) in [6, 6.07) is 0.519. The summed E-state index contributed by atoms with van der Waals surface area (Å²) < 4.78 is 21.0. The molecule has 5 nitrogen and oxygen atoms in total. The Morgan fingerprint density at radius 1 is 1.50 bits per heavy atom. The number of nitrogens with one attached hydrogen (secondary N) is 2. The van der Waals surface area contributed by atoms with E-state index in [1.165, 1.54) is 0 Å². The van der Waals surface area contributed by atoms with Gasteiger partial charge in [-0.3, -0.25) is 0 Å². The van der Waals surface area contributed by atoms with Crippen molar-refractivity contribution in [2.75, 3.05) is 25.4 Å². The molecule has 0 unspecified atom stereocenters. The maximum Gasteiger partial charge on any atom is 0.209 e. The zero-order chi connectivity index (χ0) is 9.03. The van der Waals surface area contributed by atoms with E-state index in [9.17, 15) is 8.42 Å². The molecule has 1 aliphatic rings. The molecule has 1 fully saturated rings. The summed E-state index contributed by atoms with van der Waals surface area (Å²) in [5.41, 5.74) is 0. The predicted molar refractivity (Wildman–Crippen MR) is 47.3 cm³/mol. The minimum absolute atomic E-state index is 0.0696. The highest BCUT2D eigenvalue weighted by atomic mass is 32.2. The Labute approximate surface area is 72.8 Å². The third-order valence-electron chi connectivity index (χ3n) is 1.82. The molecule has 0 aromatic rings. The fraction of sp³-hybridized carbons (Fsp3) is 1.00. The number of rotatable bonds is 5. The van der Waals surface area contributed by atoms with Crippen LogP contribution < -0.4 is 15.8 Å². The van der Waals surface area contributed by atoms with Gasteiger partial charge in [0.15, 0.2) is 0 Å². The van der Waals surface area contributed by atoms with Gasteiger partial charge in [0, 0.05) is 19.1 Å². The maximum atomic E-state index is 10.5. The Kier molecular flexibility index (Phi) is 3.45. The molecule has 1 aliphatic heterocycles. The molecule has 1 saturated heterocycles. The number of hydrogen-bond acceptors (Lipinski definition) is 4. The van der Waals surface area contributed by atoms with Crippen molar-refractivity contribution in [3.8, 4) is 0 Å². The number of primary sulfonamides is 1. The van der Waals surface area contributed by atoms with Crippen LogP contribution in [0.25, 0.3) is 0 Å². The molecule has 0 spiro atoms. The second-order valence-corrected chi connectivity index (χ2v) is 4.76. The Morgan fingerprint density at radius 2 is 2.17 bits per heavy atom. The van der Waals surface area contributed by atoms with Crippen molar-refractivity contribution in [3.63, 3.8) is 0 Å². The second-order valence-electron chi connectivity index (χ2n) is 3.03. The summed E-state index contributed by atoms with van der Waals surface area (Å²) >= 11 is 0. The van der Waals surface area contributed by atoms with Gasteiger partial charge in [0.1, 0.15) is 0 Å². The molecule has 0 aromatic heterocycles. The van der Waals surface area contributed by atoms with E-state index >= 15 is 0 Å². The molecule has 4 N–H and O–H groups in total. The first-order chi connectivity index (χ1) is 5.58. The van der Waals surface area contributed by atoms with E-state index in [-0.39, 0.29) is 5.75 Å². The normalized spacial score (nSPS) is 19.1. The lowest BCUT2D eigenvalue weighted by Crippen LogP contribution is -2.55. The fourth-order valence-electron chi connectivity index (χ4n) is 1.01. The molecule has 12 heavy (non-hydrogen) atoms. The third kappa shape index (κ3) is 4.01. The summed E-state index contributed by atoms with van der Waals surface area (Å²) in [5, 5.41) is 11.2. The average Bonchev–Trinajstić information content (AvgIpc) is 1.80. The van der Waals surface area contributed by atoms with Gasteiger partial charge in [0.25, 0.3) is 0 Å². The average molecular weight is 193 g/mol. The third-order valence-corrected chi connectivity index (χ3v) is 2.68. The van der Waals surface area contributed by atoms with Crippen LogP contribution in [-0.2, 0) is 10.0 Å². The van der Waals surface area contributed by atoms with Crippen LogP contribution in [0, 0.1) is 0 Å². The first-order valence-electron chi connectivity index (χ1n) is 4.02. The first kappa shape index (κ1) is 9.91. The molecule has 0 amide bonds. The van der Waals surface area contributed by atoms with Crippen molar-refractivity contribution < 1.29 is 8.42 Å². The lowest BCUT2D eigenvalue weighted by Gasteiger charge is -2.28. The van der Waals surface area contributed by atoms with Crippen molar-refractivity contribution in [1.82, 2.24) is 10.6 Å². The molecular formula is C6H15N3O2S. The van der Waals surface area contributed by atoms with Gasteiger partial charge in [-0.25, -0.2) is 13.6 Å². The van der Waals surface area contributed by atoms with Crippen LogP contribution >= 0.6 is 0 Å². The molecule has 0 aliphatic carbocycles. The van der Waals surface area contributed by atoms with Crippen LogP contribution in [0.5, 0.6) is 0 Å². The molecule has 1 heterocycles. The van der Waals surface area contributed by atoms with Crippen molar-refractivity contribution in [1.29, 1.82) is 0 Å². The topological polar surface area (TPSA) is 84.2 Å². The van der Waals surface area contributed by atoms with E-state index in [2.05, 4.69) is 10.6 Å². The van der Waals surface area contributed by atoms with Gasteiger partial charge in [-0.1, -0.05) is 0 Å². The predicted octanol–water partition coefficient (Wildman–Crippen LogP) is -1.77. The fourth-order valence-corrected chi connectivity index (χ4v) is 1.56. The van der Waals surface area contributed by atoms with Gasteiger partial charge < -0.3 is 10.6 Å². The van der Waals surface area contributed by atoms with Crippen LogP contribution in [0.2, 0.25) is 0 Å². The van der Waals surface area contributed by atoms with E-state index in [1.54, 1.807) is 0 Å². The SMILES string of the molecule is NS(=O)(=O)CCCNC1CNC1. The molecule has 0 aromatic carbocycles. The lowest BCUT2D eigenvalue weighted by atomic mass is 10.2. The van der Waals surface area contributed by atoms with Crippen LogP contribution in [-0.4, -0.2) is 39.8 Å². The van der Waals surface area contributed by atoms with Gasteiger partial charge in [-0.05, 0) is 13.0 Å². The summed E-state index contributed by atoms with van der Waals surface area (Å²) in [4.78, 5) is 0. The molecule has 0 radical (unpaired) electrons. The number of hydrogen-bond donors (Lipinski definition) is 3. The molecule has 6 heteroatoms. The molecule has 0 bridgehead atoms. The van der Waals surface area contributed by atoms with Gasteiger partial charge in [-0.15, -0.1) is 0 Å². The number of sulfonamides is 1. The van der Waals surface area contributed by atoms with Gasteiger partial charge in [0.05, 0.1) is 5.75 Å². The van der Waals surface area contributed by atoms with E-state index in [0.717, 1.165) is 19.6 Å². The molecule has 1 rings (SSSR count). The smallest absolute Gasteiger partial charge is 0.209 e. The van der Waals surface area contributed by atoms with Crippen LogP contribution in [0.15, 0.2) is 0 Å². The highest BCUT2D eigenvalue weighted by Gasteiger charge is 2.14. The lowest BCUT2D eigenvalue weighted by molar-refractivity contribution is 0.367. The Balaban J connectivity index is 1.95. The Morgan fingerprint density at radius 3 is 2.58 bits per heavy atom. The standard InChI is InChI=1S/C6H15N3O2S/c7-12(10,11)3-1-2-9-6-4-8-5-6/h6,8-9H,1-5H2,(H2,7,10,11). The Hall–Kier alpha value is -0.170. The monoisotopic (exact) mass is 193 g/mol. The molecule has 0 saturated carbocycles. The van der Waals surface area contributed by atoms with Crippen molar-refractivity contribution in [2.24, 2.45) is 5.14 Å². The summed E-state index contributed by atoms with van der Waals surface area (Å²) in [6.45, 7) is 2.69. The van der Waals surface area contributed by atoms with Crippen molar-refractivity contribution >= 4 is 10.0 Å².